The number of rotatable bonds is 8. The van der Waals surface area contributed by atoms with Gasteiger partial charge in [-0.25, -0.2) is 4.68 Å². The number of nitrogens with zero attached hydrogens (tertiary/aromatic N) is 4. The summed E-state index contributed by atoms with van der Waals surface area (Å²) in [6.45, 7) is 10.9. The molecule has 6 rings (SSSR count). The number of aryl methyl sites for hydroxylation is 3. The van der Waals surface area contributed by atoms with Gasteiger partial charge < -0.3 is 14.4 Å². The normalized spacial score (nSPS) is 14.8. The van der Waals surface area contributed by atoms with E-state index in [-0.39, 0.29) is 24.2 Å². The lowest BCUT2D eigenvalue weighted by atomic mass is 9.83. The number of aromatic nitrogens is 3. The molecule has 0 radical (unpaired) electrons. The van der Waals surface area contributed by atoms with Crippen molar-refractivity contribution in [1.29, 1.82) is 0 Å². The molecule has 1 unspecified atom stereocenters. The van der Waals surface area contributed by atoms with E-state index in [9.17, 15) is 9.59 Å². The lowest BCUT2D eigenvalue weighted by Gasteiger charge is -2.31. The zero-order chi connectivity index (χ0) is 29.4. The number of carbonyl (C=O) groups excluding carboxylic acids is 2. The van der Waals surface area contributed by atoms with Crippen LogP contribution in [0.15, 0.2) is 42.5 Å². The Morgan fingerprint density at radius 2 is 1.90 bits per heavy atom. The molecule has 0 bridgehead atoms. The fraction of sp³-hybridized carbons (Fsp3) is 0.412. The first-order chi connectivity index (χ1) is 20.4. The Labute approximate surface area is 246 Å². The highest BCUT2D eigenvalue weighted by Crippen LogP contribution is 2.37. The molecular formula is C34H38N4O4. The number of benzene rings is 3. The van der Waals surface area contributed by atoms with E-state index in [1.54, 1.807) is 0 Å². The average molecular weight is 567 g/mol. The molecule has 0 aliphatic carbocycles. The number of hydrogen-bond donors (Lipinski definition) is 0. The van der Waals surface area contributed by atoms with Crippen molar-refractivity contribution in [1.82, 2.24) is 19.9 Å². The van der Waals surface area contributed by atoms with Gasteiger partial charge in [-0.2, -0.15) is 0 Å². The summed E-state index contributed by atoms with van der Waals surface area (Å²) in [6.07, 6.45) is 2.66. The summed E-state index contributed by atoms with van der Waals surface area (Å²) in [4.78, 5) is 28.6. The monoisotopic (exact) mass is 566 g/mol. The van der Waals surface area contributed by atoms with Gasteiger partial charge in [0, 0.05) is 43.1 Å². The van der Waals surface area contributed by atoms with Gasteiger partial charge in [-0.1, -0.05) is 42.5 Å². The minimum Gasteiger partial charge on any atom is -0.493 e. The Balaban J connectivity index is 1.33. The number of amides is 1. The minimum absolute atomic E-state index is 0.0545. The molecule has 1 atom stereocenters. The summed E-state index contributed by atoms with van der Waals surface area (Å²) in [5.41, 5.74) is 10.2. The second-order valence-corrected chi connectivity index (χ2v) is 11.2. The van der Waals surface area contributed by atoms with Gasteiger partial charge in [-0.05, 0) is 79.1 Å². The van der Waals surface area contributed by atoms with Crippen LogP contribution in [0.5, 0.6) is 5.75 Å². The van der Waals surface area contributed by atoms with Gasteiger partial charge in [0.1, 0.15) is 11.3 Å². The zero-order valence-corrected chi connectivity index (χ0v) is 24.9. The van der Waals surface area contributed by atoms with E-state index in [1.165, 1.54) is 5.56 Å². The molecule has 0 saturated heterocycles. The number of ether oxygens (including phenoxy) is 2. The summed E-state index contributed by atoms with van der Waals surface area (Å²) >= 11 is 0. The molecule has 0 fully saturated rings. The SMILES string of the molecule is CCOC(=O)CC(c1ccc2c(c1)CN(C(=O)c1ccc(CC)c3c1CCO3)CC2)c1ccc2c(nnn2CC)c1C. The van der Waals surface area contributed by atoms with Crippen molar-refractivity contribution in [3.05, 3.63) is 87.0 Å². The lowest BCUT2D eigenvalue weighted by Crippen LogP contribution is -2.36. The molecule has 8 nitrogen and oxygen atoms in total. The summed E-state index contributed by atoms with van der Waals surface area (Å²) in [6, 6.07) is 14.6. The molecule has 218 valence electrons. The van der Waals surface area contributed by atoms with Crippen LogP contribution in [0.2, 0.25) is 0 Å². The third-order valence-corrected chi connectivity index (χ3v) is 8.82. The predicted octanol–water partition coefficient (Wildman–Crippen LogP) is 5.54. The maximum Gasteiger partial charge on any atom is 0.306 e. The number of fused-ring (bicyclic) bond motifs is 3. The Hall–Kier alpha value is -4.20. The molecular weight excluding hydrogens is 528 g/mol. The Morgan fingerprint density at radius 3 is 2.69 bits per heavy atom. The van der Waals surface area contributed by atoms with Crippen LogP contribution >= 0.6 is 0 Å². The predicted molar refractivity (Wildman–Crippen MR) is 161 cm³/mol. The van der Waals surface area contributed by atoms with Crippen LogP contribution in [-0.4, -0.2) is 51.5 Å². The first-order valence-corrected chi connectivity index (χ1v) is 15.1. The summed E-state index contributed by atoms with van der Waals surface area (Å²) in [5.74, 6) is 0.508. The van der Waals surface area contributed by atoms with E-state index in [2.05, 4.69) is 48.4 Å². The topological polar surface area (TPSA) is 86.6 Å². The van der Waals surface area contributed by atoms with Crippen molar-refractivity contribution in [3.63, 3.8) is 0 Å². The van der Waals surface area contributed by atoms with Crippen LogP contribution < -0.4 is 4.74 Å². The lowest BCUT2D eigenvalue weighted by molar-refractivity contribution is -0.143. The zero-order valence-electron chi connectivity index (χ0n) is 24.9. The van der Waals surface area contributed by atoms with E-state index in [1.807, 2.05) is 41.6 Å². The maximum absolute atomic E-state index is 13.8. The third kappa shape index (κ3) is 4.93. The van der Waals surface area contributed by atoms with Gasteiger partial charge >= 0.3 is 5.97 Å². The van der Waals surface area contributed by atoms with Crippen LogP contribution in [0.3, 0.4) is 0 Å². The highest BCUT2D eigenvalue weighted by molar-refractivity contribution is 5.97. The van der Waals surface area contributed by atoms with Crippen molar-refractivity contribution in [2.24, 2.45) is 0 Å². The van der Waals surface area contributed by atoms with Crippen molar-refractivity contribution < 1.29 is 19.1 Å². The van der Waals surface area contributed by atoms with Crippen LogP contribution in [-0.2, 0) is 41.9 Å². The maximum atomic E-state index is 13.8. The smallest absolute Gasteiger partial charge is 0.306 e. The molecule has 2 aliphatic rings. The van der Waals surface area contributed by atoms with Gasteiger partial charge in [0.2, 0.25) is 0 Å². The van der Waals surface area contributed by atoms with Crippen molar-refractivity contribution in [3.8, 4) is 5.75 Å². The van der Waals surface area contributed by atoms with E-state index in [0.29, 0.717) is 26.3 Å². The molecule has 0 spiro atoms. The third-order valence-electron chi connectivity index (χ3n) is 8.82. The largest absolute Gasteiger partial charge is 0.493 e. The van der Waals surface area contributed by atoms with E-state index in [4.69, 9.17) is 9.47 Å². The second-order valence-electron chi connectivity index (χ2n) is 11.2. The highest BCUT2D eigenvalue weighted by atomic mass is 16.5. The van der Waals surface area contributed by atoms with Gasteiger partial charge in [-0.3, -0.25) is 9.59 Å². The standard InChI is InChI=1S/C34H38N4O4/c1-5-22-10-11-28(27-15-17-42-33(22)27)34(40)37-16-14-23-8-9-24(18-25(23)20-37)29(19-31(39)41-7-3)26-12-13-30-32(21(26)4)35-36-38(30)6-2/h8-13,18,29H,5-7,14-17,19-20H2,1-4H3. The second kappa shape index (κ2) is 11.6. The van der Waals surface area contributed by atoms with Crippen molar-refractivity contribution >= 4 is 22.9 Å². The molecule has 1 amide bonds. The number of hydrogen-bond acceptors (Lipinski definition) is 6. The van der Waals surface area contributed by atoms with Gasteiger partial charge in [0.05, 0.1) is 25.2 Å². The van der Waals surface area contributed by atoms with Gasteiger partial charge in [0.15, 0.2) is 0 Å². The van der Waals surface area contributed by atoms with Crippen LogP contribution in [0.1, 0.15) is 82.4 Å². The van der Waals surface area contributed by atoms with E-state index < -0.39 is 0 Å². The molecule has 3 heterocycles. The van der Waals surface area contributed by atoms with E-state index in [0.717, 1.165) is 81.5 Å². The minimum atomic E-state index is -0.236. The summed E-state index contributed by atoms with van der Waals surface area (Å²) in [5, 5.41) is 8.76. The summed E-state index contributed by atoms with van der Waals surface area (Å²) < 4.78 is 13.2. The molecule has 0 saturated carbocycles. The fourth-order valence-corrected chi connectivity index (χ4v) is 6.56. The van der Waals surface area contributed by atoms with Crippen LogP contribution in [0.25, 0.3) is 11.0 Å². The first-order valence-electron chi connectivity index (χ1n) is 15.1. The molecule has 42 heavy (non-hydrogen) atoms. The van der Waals surface area contributed by atoms with Gasteiger partial charge in [0.25, 0.3) is 5.91 Å². The molecule has 1 aromatic heterocycles. The molecule has 2 aliphatic heterocycles. The number of carbonyl (C=O) groups is 2. The van der Waals surface area contributed by atoms with Crippen LogP contribution in [0, 0.1) is 6.92 Å². The molecule has 0 N–H and O–H groups in total. The Morgan fingerprint density at radius 1 is 1.05 bits per heavy atom. The quantitative estimate of drug-likeness (QED) is 0.260. The molecule has 4 aromatic rings. The van der Waals surface area contributed by atoms with Crippen LogP contribution in [0.4, 0.5) is 0 Å². The van der Waals surface area contributed by atoms with Gasteiger partial charge in [-0.15, -0.1) is 5.10 Å². The van der Waals surface area contributed by atoms with Crippen molar-refractivity contribution in [2.45, 2.75) is 72.4 Å². The summed E-state index contributed by atoms with van der Waals surface area (Å²) in [7, 11) is 0. The first kappa shape index (κ1) is 27.9. The Kier molecular flexibility index (Phi) is 7.71. The van der Waals surface area contributed by atoms with E-state index >= 15 is 0 Å². The highest BCUT2D eigenvalue weighted by Gasteiger charge is 2.29. The van der Waals surface area contributed by atoms with Crippen molar-refractivity contribution in [2.75, 3.05) is 19.8 Å². The molecule has 3 aromatic carbocycles. The Bertz CT molecular complexity index is 1670. The average Bonchev–Trinajstić information content (AvgIpc) is 3.67. The fourth-order valence-electron chi connectivity index (χ4n) is 6.56. The number of esters is 1. The molecule has 8 heteroatoms.